The summed E-state index contributed by atoms with van der Waals surface area (Å²) in [5, 5.41) is 9.21. The lowest BCUT2D eigenvalue weighted by atomic mass is 10.1. The molecule has 1 atom stereocenters. The third-order valence-electron chi connectivity index (χ3n) is 2.39. The van der Waals surface area contributed by atoms with Crippen molar-refractivity contribution < 1.29 is 0 Å². The Balaban J connectivity index is 2.12. The highest BCUT2D eigenvalue weighted by atomic mass is 32.2. The van der Waals surface area contributed by atoms with E-state index < -0.39 is 0 Å². The highest BCUT2D eigenvalue weighted by Gasteiger charge is 2.09. The molecule has 0 spiro atoms. The molecular weight excluding hydrogens is 296 g/mol. The predicted molar refractivity (Wildman–Crippen MR) is 82.1 cm³/mol. The summed E-state index contributed by atoms with van der Waals surface area (Å²) in [4.78, 5) is 4.50. The molecule has 0 radical (unpaired) electrons. The number of aromatic nitrogens is 3. The predicted octanol–water partition coefficient (Wildman–Crippen LogP) is 3.00. The van der Waals surface area contributed by atoms with E-state index in [1.165, 1.54) is 5.56 Å². The largest absolute Gasteiger partial charge is 0.328 e. The number of nitrogens with two attached hydrogens (primary N) is 1. The molecule has 0 saturated carbocycles. The van der Waals surface area contributed by atoms with Crippen molar-refractivity contribution >= 4 is 34.9 Å². The Morgan fingerprint density at radius 2 is 2.11 bits per heavy atom. The van der Waals surface area contributed by atoms with Crippen molar-refractivity contribution in [1.29, 1.82) is 0 Å². The van der Waals surface area contributed by atoms with Crippen molar-refractivity contribution in [3.05, 3.63) is 23.4 Å². The van der Waals surface area contributed by atoms with E-state index >= 15 is 0 Å². The van der Waals surface area contributed by atoms with Crippen molar-refractivity contribution in [2.45, 2.75) is 40.0 Å². The van der Waals surface area contributed by atoms with Gasteiger partial charge in [0.05, 0.1) is 0 Å². The highest BCUT2D eigenvalue weighted by molar-refractivity contribution is 8.03. The molecule has 2 aromatic heterocycles. The fourth-order valence-corrected chi connectivity index (χ4v) is 3.99. The highest BCUT2D eigenvalue weighted by Crippen LogP contribution is 2.33. The van der Waals surface area contributed by atoms with Gasteiger partial charge in [-0.2, -0.15) is 0 Å². The first kappa shape index (κ1) is 14.8. The second-order valence-electron chi connectivity index (χ2n) is 4.29. The summed E-state index contributed by atoms with van der Waals surface area (Å²) in [6.45, 7) is 4.07. The molecule has 19 heavy (non-hydrogen) atoms. The minimum atomic E-state index is 0.159. The molecule has 0 amide bonds. The number of hydrogen-bond donors (Lipinski definition) is 1. The lowest BCUT2D eigenvalue weighted by Gasteiger charge is -2.07. The maximum Gasteiger partial charge on any atom is 0.181 e. The maximum atomic E-state index is 5.80. The maximum absolute atomic E-state index is 5.80. The minimum absolute atomic E-state index is 0.159. The molecule has 0 aliphatic carbocycles. The Hall–Kier alpha value is -0.630. The molecule has 7 heteroatoms. The van der Waals surface area contributed by atoms with Crippen molar-refractivity contribution in [2.75, 3.05) is 6.26 Å². The SMILES string of the molecule is CSc1nnc(Sc2ncc(CC(C)N)cc2C)s1. The monoisotopic (exact) mass is 312 g/mol. The van der Waals surface area contributed by atoms with Crippen LogP contribution in [0.3, 0.4) is 0 Å². The van der Waals surface area contributed by atoms with Crippen LogP contribution in [0, 0.1) is 6.92 Å². The summed E-state index contributed by atoms with van der Waals surface area (Å²) in [6.07, 6.45) is 4.75. The van der Waals surface area contributed by atoms with E-state index in [1.54, 1.807) is 34.9 Å². The molecule has 102 valence electrons. The van der Waals surface area contributed by atoms with E-state index in [2.05, 4.69) is 28.2 Å². The summed E-state index contributed by atoms with van der Waals surface area (Å²) in [7, 11) is 0. The molecule has 0 fully saturated rings. The van der Waals surface area contributed by atoms with Gasteiger partial charge < -0.3 is 5.73 Å². The van der Waals surface area contributed by atoms with Crippen LogP contribution in [0.2, 0.25) is 0 Å². The summed E-state index contributed by atoms with van der Waals surface area (Å²) in [5.41, 5.74) is 8.14. The van der Waals surface area contributed by atoms with E-state index in [0.29, 0.717) is 0 Å². The first-order valence-corrected chi connectivity index (χ1v) is 8.70. The zero-order chi connectivity index (χ0) is 13.8. The number of nitrogens with zero attached hydrogens (tertiary/aromatic N) is 3. The van der Waals surface area contributed by atoms with Crippen LogP contribution in [-0.2, 0) is 6.42 Å². The van der Waals surface area contributed by atoms with Crippen LogP contribution in [0.1, 0.15) is 18.1 Å². The van der Waals surface area contributed by atoms with Gasteiger partial charge in [-0.3, -0.25) is 0 Å². The van der Waals surface area contributed by atoms with E-state index in [4.69, 9.17) is 5.73 Å². The first-order valence-electron chi connectivity index (χ1n) is 5.85. The summed E-state index contributed by atoms with van der Waals surface area (Å²) < 4.78 is 1.91. The number of thioether (sulfide) groups is 1. The van der Waals surface area contributed by atoms with Gasteiger partial charge in [-0.1, -0.05) is 29.2 Å². The number of aryl methyl sites for hydroxylation is 1. The van der Waals surface area contributed by atoms with Crippen LogP contribution in [0.15, 0.2) is 26.0 Å². The van der Waals surface area contributed by atoms with Crippen molar-refractivity contribution in [3.63, 3.8) is 0 Å². The zero-order valence-electron chi connectivity index (χ0n) is 11.1. The Morgan fingerprint density at radius 1 is 1.37 bits per heavy atom. The van der Waals surface area contributed by atoms with Crippen molar-refractivity contribution in [1.82, 2.24) is 15.2 Å². The Bertz CT molecular complexity index is 554. The standard InChI is InChI=1S/C12H16N4S3/c1-7-4-9(5-8(2)13)6-14-10(7)18-12-16-15-11(17-3)19-12/h4,6,8H,5,13H2,1-3H3. The van der Waals surface area contributed by atoms with Gasteiger partial charge >= 0.3 is 0 Å². The fraction of sp³-hybridized carbons (Fsp3) is 0.417. The van der Waals surface area contributed by atoms with Crippen LogP contribution < -0.4 is 5.73 Å². The number of hydrogen-bond acceptors (Lipinski definition) is 7. The van der Waals surface area contributed by atoms with Crippen LogP contribution in [-0.4, -0.2) is 27.5 Å². The van der Waals surface area contributed by atoms with Crippen LogP contribution in [0.5, 0.6) is 0 Å². The van der Waals surface area contributed by atoms with E-state index in [9.17, 15) is 0 Å². The van der Waals surface area contributed by atoms with Gasteiger partial charge in [0, 0.05) is 12.2 Å². The van der Waals surface area contributed by atoms with Gasteiger partial charge in [-0.25, -0.2) is 4.98 Å². The molecule has 2 heterocycles. The molecule has 2 aromatic rings. The normalized spacial score (nSPS) is 12.6. The zero-order valence-corrected chi connectivity index (χ0v) is 13.5. The van der Waals surface area contributed by atoms with Crippen LogP contribution in [0.25, 0.3) is 0 Å². The van der Waals surface area contributed by atoms with Gasteiger partial charge in [-0.15, -0.1) is 10.2 Å². The van der Waals surface area contributed by atoms with Crippen LogP contribution >= 0.6 is 34.9 Å². The minimum Gasteiger partial charge on any atom is -0.328 e. The summed E-state index contributed by atoms with van der Waals surface area (Å²) in [6, 6.07) is 2.31. The lowest BCUT2D eigenvalue weighted by Crippen LogP contribution is -2.17. The Morgan fingerprint density at radius 3 is 2.68 bits per heavy atom. The Labute approximate surface area is 125 Å². The molecule has 0 bridgehead atoms. The first-order chi connectivity index (χ1) is 9.08. The molecule has 4 nitrogen and oxygen atoms in total. The second-order valence-corrected chi connectivity index (χ2v) is 7.55. The smallest absolute Gasteiger partial charge is 0.181 e. The second kappa shape index (κ2) is 6.69. The average molecular weight is 312 g/mol. The van der Waals surface area contributed by atoms with Gasteiger partial charge in [0.25, 0.3) is 0 Å². The van der Waals surface area contributed by atoms with Gasteiger partial charge in [0.2, 0.25) is 0 Å². The molecule has 0 saturated heterocycles. The quantitative estimate of drug-likeness (QED) is 0.856. The van der Waals surface area contributed by atoms with Gasteiger partial charge in [0.15, 0.2) is 8.68 Å². The Kier molecular flexibility index (Phi) is 5.20. The summed E-state index contributed by atoms with van der Waals surface area (Å²) >= 11 is 4.77. The third kappa shape index (κ3) is 4.17. The van der Waals surface area contributed by atoms with Gasteiger partial charge in [0.1, 0.15) is 5.03 Å². The molecule has 0 aliphatic heterocycles. The molecule has 0 aliphatic rings. The van der Waals surface area contributed by atoms with E-state index in [1.807, 2.05) is 19.4 Å². The van der Waals surface area contributed by atoms with Crippen LogP contribution in [0.4, 0.5) is 0 Å². The molecule has 2 rings (SSSR count). The van der Waals surface area contributed by atoms with E-state index in [-0.39, 0.29) is 6.04 Å². The van der Waals surface area contributed by atoms with Crippen molar-refractivity contribution in [3.8, 4) is 0 Å². The van der Waals surface area contributed by atoms with Gasteiger partial charge in [-0.05, 0) is 49.4 Å². The third-order valence-corrected chi connectivity index (χ3v) is 5.46. The average Bonchev–Trinajstić information content (AvgIpc) is 2.80. The topological polar surface area (TPSA) is 64.7 Å². The summed E-state index contributed by atoms with van der Waals surface area (Å²) in [5.74, 6) is 0. The molecule has 2 N–H and O–H groups in total. The molecular formula is C12H16N4S3. The molecule has 0 aromatic carbocycles. The lowest BCUT2D eigenvalue weighted by molar-refractivity contribution is 0.733. The number of pyridine rings is 1. The molecule has 1 unspecified atom stereocenters. The fourth-order valence-electron chi connectivity index (χ4n) is 1.61. The number of rotatable bonds is 5. The van der Waals surface area contributed by atoms with Crippen molar-refractivity contribution in [2.24, 2.45) is 5.73 Å². The van der Waals surface area contributed by atoms with E-state index in [0.717, 1.165) is 25.7 Å².